The fraction of sp³-hybridized carbons (Fsp3) is 0.571. The number of aliphatic hydroxyl groups is 1. The molecular formula is C21H30N2O4. The summed E-state index contributed by atoms with van der Waals surface area (Å²) in [7, 11) is 1.31. The van der Waals surface area contributed by atoms with Crippen molar-refractivity contribution in [1.82, 2.24) is 10.2 Å². The van der Waals surface area contributed by atoms with E-state index in [4.69, 9.17) is 5.48 Å². The number of Topliss-reactive ketones (excluding diaryl/α,β-unsaturated/α-hetero) is 1. The number of carbonyl (C=O) groups is 3. The Morgan fingerprint density at radius 3 is 2.67 bits per heavy atom. The van der Waals surface area contributed by atoms with Gasteiger partial charge in [0.1, 0.15) is 12.1 Å². The summed E-state index contributed by atoms with van der Waals surface area (Å²) in [5.41, 5.74) is 0.367. The Kier molecular flexibility index (Phi) is 5.07. The summed E-state index contributed by atoms with van der Waals surface area (Å²) in [6.07, 6.45) is -4.92. The highest BCUT2D eigenvalue weighted by Gasteiger charge is 2.34. The molecule has 1 heterocycles. The fourth-order valence-electron chi connectivity index (χ4n) is 2.85. The number of likely N-dealkylation sites (N-methyl/N-ethyl adjacent to an activating group) is 1. The van der Waals surface area contributed by atoms with Gasteiger partial charge in [0.2, 0.25) is 11.8 Å². The zero-order valence-corrected chi connectivity index (χ0v) is 16.4. The van der Waals surface area contributed by atoms with E-state index in [2.05, 4.69) is 5.32 Å². The van der Waals surface area contributed by atoms with Gasteiger partial charge in [-0.05, 0) is 30.3 Å². The average Bonchev–Trinajstić information content (AvgIpc) is 2.72. The summed E-state index contributed by atoms with van der Waals surface area (Å²) >= 11 is 0. The van der Waals surface area contributed by atoms with Gasteiger partial charge in [0.25, 0.3) is 0 Å². The first-order valence-electron chi connectivity index (χ1n) is 11.0. The molecule has 0 aliphatic carbocycles. The van der Waals surface area contributed by atoms with Gasteiger partial charge in [-0.1, -0.05) is 45.0 Å². The zero-order valence-electron chi connectivity index (χ0n) is 20.4. The molecule has 1 unspecified atom stereocenters. The van der Waals surface area contributed by atoms with Crippen LogP contribution in [0.4, 0.5) is 0 Å². The van der Waals surface area contributed by atoms with E-state index < -0.39 is 53.9 Å². The molecule has 0 radical (unpaired) electrons. The van der Waals surface area contributed by atoms with Gasteiger partial charge in [-0.2, -0.15) is 0 Å². The summed E-state index contributed by atoms with van der Waals surface area (Å²) in [4.78, 5) is 39.2. The van der Waals surface area contributed by atoms with Crippen LogP contribution in [0.15, 0.2) is 24.3 Å². The Morgan fingerprint density at radius 1 is 1.41 bits per heavy atom. The minimum Gasteiger partial charge on any atom is -0.385 e. The van der Waals surface area contributed by atoms with Crippen LogP contribution in [-0.2, 0) is 20.8 Å². The van der Waals surface area contributed by atoms with Crippen LogP contribution in [0, 0.1) is 11.8 Å². The van der Waals surface area contributed by atoms with Gasteiger partial charge in [0.15, 0.2) is 5.78 Å². The molecule has 1 aliphatic heterocycles. The van der Waals surface area contributed by atoms with Gasteiger partial charge in [0, 0.05) is 28.1 Å². The minimum absolute atomic E-state index is 0.125. The van der Waals surface area contributed by atoms with Crippen molar-refractivity contribution in [3.8, 4) is 0 Å². The van der Waals surface area contributed by atoms with Gasteiger partial charge >= 0.3 is 0 Å². The third-order valence-electron chi connectivity index (χ3n) is 4.73. The van der Waals surface area contributed by atoms with Crippen LogP contribution in [0.5, 0.6) is 0 Å². The van der Waals surface area contributed by atoms with Gasteiger partial charge in [0.05, 0.1) is 2.74 Å². The lowest BCUT2D eigenvalue weighted by Gasteiger charge is -2.26. The second-order valence-corrected chi connectivity index (χ2v) is 7.20. The van der Waals surface area contributed by atoms with Crippen LogP contribution in [0.2, 0.25) is 0 Å². The summed E-state index contributed by atoms with van der Waals surface area (Å²) in [6.45, 7) is 5.80. The standard InChI is InChI=1S/C21H30N2O4/c1-12(2)19(25)17(24)10-13(3)20(26)22-18-16-9-7-6-8-15(16)11-14(4)23(5)21(18)27/h6-9,12-14,18-19,25H,10-11H2,1-5H3,(H,22,26)/t13-,14?,18+,19+/m1/s1/i11D2,14D,19D. The molecule has 0 bridgehead atoms. The smallest absolute Gasteiger partial charge is 0.249 e. The number of nitrogens with zero attached hydrogens (tertiary/aromatic N) is 1. The van der Waals surface area contributed by atoms with Crippen LogP contribution in [-0.4, -0.2) is 46.7 Å². The number of rotatable bonds is 6. The predicted molar refractivity (Wildman–Crippen MR) is 103 cm³/mol. The molecule has 4 atom stereocenters. The molecule has 2 rings (SSSR count). The van der Waals surface area contributed by atoms with Crippen molar-refractivity contribution in [2.75, 3.05) is 7.05 Å². The van der Waals surface area contributed by atoms with E-state index >= 15 is 0 Å². The van der Waals surface area contributed by atoms with Crippen LogP contribution in [0.1, 0.15) is 56.8 Å². The number of benzene rings is 1. The first-order chi connectivity index (χ1) is 14.1. The molecule has 0 fully saturated rings. The molecule has 1 aromatic carbocycles. The minimum atomic E-state index is -2.32. The van der Waals surface area contributed by atoms with E-state index in [0.29, 0.717) is 0 Å². The van der Waals surface area contributed by atoms with Crippen molar-refractivity contribution in [3.63, 3.8) is 0 Å². The molecule has 6 heteroatoms. The zero-order chi connectivity index (χ0) is 23.9. The van der Waals surface area contributed by atoms with Crippen molar-refractivity contribution < 1.29 is 25.0 Å². The van der Waals surface area contributed by atoms with Crippen molar-refractivity contribution >= 4 is 17.6 Å². The molecule has 0 saturated heterocycles. The maximum atomic E-state index is 13.1. The monoisotopic (exact) mass is 378 g/mol. The number of hydrogen-bond acceptors (Lipinski definition) is 4. The van der Waals surface area contributed by atoms with E-state index in [1.807, 2.05) is 0 Å². The number of ketones is 1. The number of fused-ring (bicyclic) bond motifs is 1. The van der Waals surface area contributed by atoms with Gasteiger partial charge < -0.3 is 15.3 Å². The Labute approximate surface area is 166 Å². The van der Waals surface area contributed by atoms with Gasteiger partial charge in [-0.3, -0.25) is 14.4 Å². The Bertz CT molecular complexity index is 886. The Balaban J connectivity index is 2.36. The second kappa shape index (κ2) is 8.65. The average molecular weight is 379 g/mol. The van der Waals surface area contributed by atoms with Crippen molar-refractivity contribution in [2.45, 2.75) is 58.6 Å². The summed E-state index contributed by atoms with van der Waals surface area (Å²) in [5, 5.41) is 12.6. The van der Waals surface area contributed by atoms with Crippen LogP contribution < -0.4 is 5.32 Å². The molecular weight excluding hydrogens is 344 g/mol. The molecule has 1 aliphatic rings. The van der Waals surface area contributed by atoms with Crippen molar-refractivity contribution in [2.24, 2.45) is 11.8 Å². The number of carbonyl (C=O) groups excluding carboxylic acids is 3. The highest BCUT2D eigenvalue weighted by Crippen LogP contribution is 2.27. The summed E-state index contributed by atoms with van der Waals surface area (Å²) in [5.74, 6) is -3.70. The van der Waals surface area contributed by atoms with Crippen LogP contribution in [0.25, 0.3) is 0 Å². The molecule has 27 heavy (non-hydrogen) atoms. The number of hydrogen-bond donors (Lipinski definition) is 2. The molecule has 1 aromatic rings. The lowest BCUT2D eigenvalue weighted by atomic mass is 9.94. The molecule has 6 nitrogen and oxygen atoms in total. The van der Waals surface area contributed by atoms with E-state index in [-0.39, 0.29) is 17.5 Å². The maximum Gasteiger partial charge on any atom is 0.249 e. The SMILES string of the molecule is [2H]C1([2H])c2ccccc2[C@H](NC(=O)[C@H](C)CC(=O)[C@@]([2H])(O)C(C)C)C(=O)N(C)C1([2H])C. The Hall–Kier alpha value is -2.21. The van der Waals surface area contributed by atoms with E-state index in [9.17, 15) is 19.5 Å². The molecule has 148 valence electrons. The number of nitrogens with one attached hydrogen (secondary N) is 1. The maximum absolute atomic E-state index is 13.1. The van der Waals surface area contributed by atoms with Crippen molar-refractivity contribution in [3.05, 3.63) is 35.4 Å². The lowest BCUT2D eigenvalue weighted by Crippen LogP contribution is -2.44. The van der Waals surface area contributed by atoms with E-state index in [1.54, 1.807) is 12.1 Å². The van der Waals surface area contributed by atoms with E-state index in [0.717, 1.165) is 4.90 Å². The molecule has 0 saturated carbocycles. The van der Waals surface area contributed by atoms with E-state index in [1.165, 1.54) is 46.9 Å². The number of amides is 2. The van der Waals surface area contributed by atoms with Crippen LogP contribution >= 0.6 is 0 Å². The lowest BCUT2D eigenvalue weighted by molar-refractivity contribution is -0.138. The highest BCUT2D eigenvalue weighted by atomic mass is 16.3. The van der Waals surface area contributed by atoms with Crippen LogP contribution in [0.3, 0.4) is 0 Å². The predicted octanol–water partition coefficient (Wildman–Crippen LogP) is 1.86. The molecule has 2 amide bonds. The molecule has 2 N–H and O–H groups in total. The van der Waals surface area contributed by atoms with Gasteiger partial charge in [-0.25, -0.2) is 0 Å². The largest absolute Gasteiger partial charge is 0.385 e. The normalized spacial score (nSPS) is 30.0. The molecule has 0 aromatic heterocycles. The topological polar surface area (TPSA) is 86.7 Å². The third kappa shape index (κ3) is 4.75. The second-order valence-electron chi connectivity index (χ2n) is 7.20. The first-order valence-corrected chi connectivity index (χ1v) is 8.99. The summed E-state index contributed by atoms with van der Waals surface area (Å²) < 4.78 is 33.3. The molecule has 0 spiro atoms. The first kappa shape index (κ1) is 15.8. The quantitative estimate of drug-likeness (QED) is 0.791. The van der Waals surface area contributed by atoms with Crippen molar-refractivity contribution in [1.29, 1.82) is 0 Å². The fourth-order valence-corrected chi connectivity index (χ4v) is 2.85. The third-order valence-corrected chi connectivity index (χ3v) is 4.73. The van der Waals surface area contributed by atoms with Gasteiger partial charge in [-0.15, -0.1) is 0 Å². The highest BCUT2D eigenvalue weighted by molar-refractivity contribution is 5.93. The Morgan fingerprint density at radius 2 is 2.04 bits per heavy atom. The summed E-state index contributed by atoms with van der Waals surface area (Å²) in [6, 6.07) is 3.06.